The molecule has 5 heteroatoms. The van der Waals surface area contributed by atoms with Gasteiger partial charge in [0.15, 0.2) is 0 Å². The Kier molecular flexibility index (Phi) is 3.53. The van der Waals surface area contributed by atoms with Gasteiger partial charge in [-0.2, -0.15) is 4.98 Å². The van der Waals surface area contributed by atoms with Gasteiger partial charge in [0.25, 0.3) is 0 Å². The van der Waals surface area contributed by atoms with Crippen LogP contribution in [0.15, 0.2) is 22.7 Å². The molecule has 4 nitrogen and oxygen atoms in total. The molecule has 0 aliphatic carbocycles. The number of hydrogen-bond acceptors (Lipinski definition) is 4. The molecule has 0 spiro atoms. The summed E-state index contributed by atoms with van der Waals surface area (Å²) in [5.74, 6) is 0.874. The van der Waals surface area contributed by atoms with E-state index in [2.05, 4.69) is 29.3 Å². The molecule has 3 rings (SSSR count). The third-order valence-corrected chi connectivity index (χ3v) is 4.25. The van der Waals surface area contributed by atoms with E-state index in [1.807, 2.05) is 6.92 Å². The number of benzene rings is 1. The molecule has 112 valence electrons. The Balaban J connectivity index is 1.93. The lowest BCUT2D eigenvalue weighted by atomic mass is 9.77. The van der Waals surface area contributed by atoms with Crippen LogP contribution in [0, 0.1) is 18.2 Å². The molecular formula is C16H20FN3O. The van der Waals surface area contributed by atoms with Gasteiger partial charge in [-0.3, -0.25) is 0 Å². The molecule has 0 amide bonds. The largest absolute Gasteiger partial charge is 0.337 e. The highest BCUT2D eigenvalue weighted by molar-refractivity contribution is 5.59. The number of nitrogens with zero attached hydrogens (tertiary/aromatic N) is 2. The summed E-state index contributed by atoms with van der Waals surface area (Å²) in [5, 5.41) is 7.53. The zero-order valence-corrected chi connectivity index (χ0v) is 12.6. The number of halogens is 1. The van der Waals surface area contributed by atoms with Crippen molar-refractivity contribution in [3.05, 3.63) is 35.5 Å². The summed E-state index contributed by atoms with van der Waals surface area (Å²) in [4.78, 5) is 4.53. The van der Waals surface area contributed by atoms with Gasteiger partial charge in [-0.05, 0) is 55.5 Å². The molecule has 2 heterocycles. The SMILES string of the molecule is Cc1cc(F)ccc1-c1noc(C2NCCCC2(C)C)n1. The van der Waals surface area contributed by atoms with Crippen molar-refractivity contribution >= 4 is 0 Å². The van der Waals surface area contributed by atoms with Crippen molar-refractivity contribution in [1.29, 1.82) is 0 Å². The van der Waals surface area contributed by atoms with E-state index in [-0.39, 0.29) is 17.3 Å². The number of nitrogens with one attached hydrogen (secondary N) is 1. The van der Waals surface area contributed by atoms with Crippen LogP contribution in [0.5, 0.6) is 0 Å². The topological polar surface area (TPSA) is 51.0 Å². The van der Waals surface area contributed by atoms with Crippen LogP contribution in [0.1, 0.15) is 44.2 Å². The van der Waals surface area contributed by atoms with Crippen molar-refractivity contribution in [3.63, 3.8) is 0 Å². The number of aryl methyl sites for hydroxylation is 1. The first kappa shape index (κ1) is 14.2. The van der Waals surface area contributed by atoms with E-state index in [1.165, 1.54) is 12.1 Å². The fourth-order valence-corrected chi connectivity index (χ4v) is 2.97. The number of aromatic nitrogens is 2. The Morgan fingerprint density at radius 3 is 2.90 bits per heavy atom. The normalized spacial score (nSPS) is 21.4. The average Bonchev–Trinajstić information content (AvgIpc) is 2.87. The fraction of sp³-hybridized carbons (Fsp3) is 0.500. The van der Waals surface area contributed by atoms with Crippen LogP contribution in [0.4, 0.5) is 4.39 Å². The molecule has 1 aliphatic rings. The minimum atomic E-state index is -0.255. The standard InChI is InChI=1S/C16H20FN3O/c1-10-9-11(17)5-6-12(10)14-19-15(21-20-14)13-16(2,3)7-4-8-18-13/h5-6,9,13,18H,4,7-8H2,1-3H3. The molecule has 2 aromatic rings. The van der Waals surface area contributed by atoms with Crippen LogP contribution in [-0.2, 0) is 0 Å². The van der Waals surface area contributed by atoms with Crippen LogP contribution in [0.3, 0.4) is 0 Å². The summed E-state index contributed by atoms with van der Waals surface area (Å²) < 4.78 is 18.6. The molecule has 21 heavy (non-hydrogen) atoms. The van der Waals surface area contributed by atoms with Gasteiger partial charge in [0, 0.05) is 5.56 Å². The predicted molar refractivity (Wildman–Crippen MR) is 78.2 cm³/mol. The zero-order valence-electron chi connectivity index (χ0n) is 12.6. The minimum Gasteiger partial charge on any atom is -0.337 e. The molecule has 1 unspecified atom stereocenters. The molecular weight excluding hydrogens is 269 g/mol. The molecule has 0 bridgehead atoms. The second-order valence-electron chi connectivity index (χ2n) is 6.39. The van der Waals surface area contributed by atoms with E-state index < -0.39 is 0 Å². The van der Waals surface area contributed by atoms with E-state index in [9.17, 15) is 4.39 Å². The van der Waals surface area contributed by atoms with Crippen molar-refractivity contribution in [2.75, 3.05) is 6.54 Å². The van der Waals surface area contributed by atoms with Gasteiger partial charge in [0.05, 0.1) is 6.04 Å². The van der Waals surface area contributed by atoms with E-state index in [0.717, 1.165) is 30.5 Å². The van der Waals surface area contributed by atoms with E-state index >= 15 is 0 Å². The summed E-state index contributed by atoms with van der Waals surface area (Å²) in [6.07, 6.45) is 2.28. The Labute approximate surface area is 123 Å². The van der Waals surface area contributed by atoms with Crippen LogP contribution < -0.4 is 5.32 Å². The molecule has 1 N–H and O–H groups in total. The maximum absolute atomic E-state index is 13.2. The first-order valence-electron chi connectivity index (χ1n) is 7.31. The van der Waals surface area contributed by atoms with Crippen molar-refractivity contribution in [3.8, 4) is 11.4 Å². The maximum atomic E-state index is 13.2. The zero-order chi connectivity index (χ0) is 15.0. The number of rotatable bonds is 2. The highest BCUT2D eigenvalue weighted by Crippen LogP contribution is 2.39. The third-order valence-electron chi connectivity index (χ3n) is 4.25. The highest BCUT2D eigenvalue weighted by atomic mass is 19.1. The van der Waals surface area contributed by atoms with E-state index in [0.29, 0.717) is 11.7 Å². The first-order valence-corrected chi connectivity index (χ1v) is 7.31. The smallest absolute Gasteiger partial charge is 0.244 e. The quantitative estimate of drug-likeness (QED) is 0.917. The van der Waals surface area contributed by atoms with Gasteiger partial charge < -0.3 is 9.84 Å². The van der Waals surface area contributed by atoms with Crippen LogP contribution >= 0.6 is 0 Å². The van der Waals surface area contributed by atoms with Crippen molar-refractivity contribution in [2.24, 2.45) is 5.41 Å². The second kappa shape index (κ2) is 5.22. The molecule has 1 aliphatic heterocycles. The van der Waals surface area contributed by atoms with Gasteiger partial charge in [-0.1, -0.05) is 19.0 Å². The summed E-state index contributed by atoms with van der Waals surface area (Å²) >= 11 is 0. The lowest BCUT2D eigenvalue weighted by molar-refractivity contribution is 0.146. The predicted octanol–water partition coefficient (Wildman–Crippen LogP) is 3.63. The molecule has 1 saturated heterocycles. The monoisotopic (exact) mass is 289 g/mol. The third kappa shape index (κ3) is 2.70. The number of piperidine rings is 1. The Morgan fingerprint density at radius 1 is 1.38 bits per heavy atom. The highest BCUT2D eigenvalue weighted by Gasteiger charge is 2.37. The molecule has 1 aromatic heterocycles. The van der Waals surface area contributed by atoms with Gasteiger partial charge in [-0.25, -0.2) is 4.39 Å². The van der Waals surface area contributed by atoms with E-state index in [1.54, 1.807) is 6.07 Å². The van der Waals surface area contributed by atoms with Gasteiger partial charge >= 0.3 is 0 Å². The van der Waals surface area contributed by atoms with Crippen molar-refractivity contribution in [1.82, 2.24) is 15.5 Å². The summed E-state index contributed by atoms with van der Waals surface area (Å²) in [5.41, 5.74) is 1.69. The minimum absolute atomic E-state index is 0.0632. The summed E-state index contributed by atoms with van der Waals surface area (Å²) in [7, 11) is 0. The lowest BCUT2D eigenvalue weighted by Crippen LogP contribution is -2.39. The maximum Gasteiger partial charge on any atom is 0.244 e. The van der Waals surface area contributed by atoms with Gasteiger partial charge in [0.2, 0.25) is 11.7 Å². The molecule has 1 fully saturated rings. The number of hydrogen-bond donors (Lipinski definition) is 1. The lowest BCUT2D eigenvalue weighted by Gasteiger charge is -2.36. The second-order valence-corrected chi connectivity index (χ2v) is 6.39. The van der Waals surface area contributed by atoms with Crippen LogP contribution in [0.25, 0.3) is 11.4 Å². The summed E-state index contributed by atoms with van der Waals surface area (Å²) in [6.45, 7) is 7.21. The Morgan fingerprint density at radius 2 is 2.19 bits per heavy atom. The Bertz CT molecular complexity index is 651. The molecule has 0 radical (unpaired) electrons. The summed E-state index contributed by atoms with van der Waals surface area (Å²) in [6, 6.07) is 4.65. The van der Waals surface area contributed by atoms with Gasteiger partial charge in [0.1, 0.15) is 5.82 Å². The molecule has 0 saturated carbocycles. The van der Waals surface area contributed by atoms with Crippen molar-refractivity contribution < 1.29 is 8.91 Å². The van der Waals surface area contributed by atoms with Gasteiger partial charge in [-0.15, -0.1) is 0 Å². The first-order chi connectivity index (χ1) is 9.97. The van der Waals surface area contributed by atoms with E-state index in [4.69, 9.17) is 4.52 Å². The Hall–Kier alpha value is -1.75. The average molecular weight is 289 g/mol. The van der Waals surface area contributed by atoms with Crippen molar-refractivity contribution in [2.45, 2.75) is 39.7 Å². The fourth-order valence-electron chi connectivity index (χ4n) is 2.97. The molecule has 1 atom stereocenters. The van der Waals surface area contributed by atoms with Crippen LogP contribution in [0.2, 0.25) is 0 Å². The van der Waals surface area contributed by atoms with Crippen LogP contribution in [-0.4, -0.2) is 16.7 Å². The molecule has 1 aromatic carbocycles.